The Morgan fingerprint density at radius 2 is 1.97 bits per heavy atom. The van der Waals surface area contributed by atoms with Gasteiger partial charge in [0.15, 0.2) is 5.69 Å². The van der Waals surface area contributed by atoms with Gasteiger partial charge in [0.05, 0.1) is 17.9 Å². The number of carbonyl (C=O) groups excluding carboxylic acids is 1. The van der Waals surface area contributed by atoms with Gasteiger partial charge in [-0.05, 0) is 55.2 Å². The highest BCUT2D eigenvalue weighted by molar-refractivity contribution is 5.92. The Bertz CT molecular complexity index is 1020. The molecule has 2 aliphatic rings. The third-order valence-corrected chi connectivity index (χ3v) is 5.98. The molecule has 1 aromatic carbocycles. The summed E-state index contributed by atoms with van der Waals surface area (Å²) < 4.78 is 3.89. The van der Waals surface area contributed by atoms with Crippen molar-refractivity contribution in [3.63, 3.8) is 0 Å². The number of carbonyl (C=O) groups is 1. The minimum Gasteiger partial charge on any atom is -0.337 e. The highest BCUT2D eigenvalue weighted by Gasteiger charge is 2.25. The van der Waals surface area contributed by atoms with Crippen LogP contribution in [0.1, 0.15) is 40.2 Å². The van der Waals surface area contributed by atoms with Crippen LogP contribution in [-0.2, 0) is 19.6 Å². The summed E-state index contributed by atoms with van der Waals surface area (Å²) in [7, 11) is 0. The number of likely N-dealkylation sites (tertiary alicyclic amines) is 1. The van der Waals surface area contributed by atoms with Crippen molar-refractivity contribution in [2.24, 2.45) is 0 Å². The van der Waals surface area contributed by atoms with Crippen molar-refractivity contribution in [3.8, 4) is 5.69 Å². The smallest absolute Gasteiger partial charge is 0.274 e. The first-order valence-corrected chi connectivity index (χ1v) is 10.4. The molecule has 7 heteroatoms. The van der Waals surface area contributed by atoms with Gasteiger partial charge in [-0.15, -0.1) is 0 Å². The fourth-order valence-electron chi connectivity index (χ4n) is 4.30. The van der Waals surface area contributed by atoms with Gasteiger partial charge in [0.25, 0.3) is 5.91 Å². The number of hydrogen-bond acceptors (Lipinski definition) is 4. The maximum absolute atomic E-state index is 12.6. The fraction of sp³-hybridized carbons (Fsp3) is 0.409. The van der Waals surface area contributed by atoms with Crippen LogP contribution in [0.15, 0.2) is 42.7 Å². The molecule has 0 aliphatic carbocycles. The van der Waals surface area contributed by atoms with E-state index in [0.717, 1.165) is 63.5 Å². The van der Waals surface area contributed by atoms with E-state index >= 15 is 0 Å². The van der Waals surface area contributed by atoms with Gasteiger partial charge in [-0.1, -0.05) is 6.07 Å². The topological polar surface area (TPSA) is 59.2 Å². The van der Waals surface area contributed by atoms with E-state index in [9.17, 15) is 4.79 Å². The molecule has 0 unspecified atom stereocenters. The third-order valence-electron chi connectivity index (χ3n) is 5.98. The van der Waals surface area contributed by atoms with Crippen LogP contribution in [0.25, 0.3) is 5.69 Å². The van der Waals surface area contributed by atoms with Crippen molar-refractivity contribution in [2.75, 3.05) is 19.6 Å². The lowest BCUT2D eigenvalue weighted by atomic mass is 10.1. The van der Waals surface area contributed by atoms with Gasteiger partial charge in [-0.3, -0.25) is 14.4 Å². The summed E-state index contributed by atoms with van der Waals surface area (Å²) in [6, 6.07) is 10.4. The van der Waals surface area contributed by atoms with E-state index in [-0.39, 0.29) is 5.91 Å². The maximum atomic E-state index is 12.6. The number of aryl methyl sites for hydroxylation is 1. The van der Waals surface area contributed by atoms with Crippen LogP contribution in [0.3, 0.4) is 0 Å². The van der Waals surface area contributed by atoms with E-state index in [1.54, 1.807) is 6.20 Å². The standard InChI is InChI=1S/C22H26N6O/c1-17-13-19(27-10-4-7-23-27)6-5-18(17)15-25-11-12-28-20(16-25)14-21(24-28)22(29)26-8-2-3-9-26/h4-7,10,13-14H,2-3,8-9,11-12,15-16H2,1H3. The molecule has 2 aliphatic heterocycles. The average Bonchev–Trinajstić information content (AvgIpc) is 3.49. The van der Waals surface area contributed by atoms with Gasteiger partial charge in [-0.25, -0.2) is 4.68 Å². The quantitative estimate of drug-likeness (QED) is 0.687. The van der Waals surface area contributed by atoms with Gasteiger partial charge in [-0.2, -0.15) is 10.2 Å². The maximum Gasteiger partial charge on any atom is 0.274 e. The lowest BCUT2D eigenvalue weighted by molar-refractivity contribution is 0.0786. The molecule has 4 heterocycles. The summed E-state index contributed by atoms with van der Waals surface area (Å²) in [5, 5.41) is 8.89. The van der Waals surface area contributed by atoms with Crippen molar-refractivity contribution < 1.29 is 4.79 Å². The molecule has 0 bridgehead atoms. The summed E-state index contributed by atoms with van der Waals surface area (Å²) in [4.78, 5) is 17.0. The van der Waals surface area contributed by atoms with E-state index in [4.69, 9.17) is 0 Å². The molecule has 29 heavy (non-hydrogen) atoms. The zero-order valence-electron chi connectivity index (χ0n) is 16.8. The Labute approximate surface area is 170 Å². The lowest BCUT2D eigenvalue weighted by Gasteiger charge is -2.28. The second-order valence-electron chi connectivity index (χ2n) is 8.02. The molecule has 1 fully saturated rings. The van der Waals surface area contributed by atoms with Crippen LogP contribution in [0.2, 0.25) is 0 Å². The van der Waals surface area contributed by atoms with Crippen molar-refractivity contribution in [1.82, 2.24) is 29.4 Å². The molecule has 0 spiro atoms. The van der Waals surface area contributed by atoms with E-state index in [1.807, 2.05) is 32.6 Å². The van der Waals surface area contributed by atoms with Crippen molar-refractivity contribution in [3.05, 3.63) is 65.2 Å². The molecule has 150 valence electrons. The Balaban J connectivity index is 1.28. The number of hydrogen-bond donors (Lipinski definition) is 0. The van der Waals surface area contributed by atoms with Crippen LogP contribution in [0, 0.1) is 6.92 Å². The Kier molecular flexibility index (Phi) is 4.67. The lowest BCUT2D eigenvalue weighted by Crippen LogP contribution is -2.33. The summed E-state index contributed by atoms with van der Waals surface area (Å²) in [5.41, 5.74) is 5.40. The predicted molar refractivity (Wildman–Crippen MR) is 110 cm³/mol. The number of rotatable bonds is 4. The molecule has 5 rings (SSSR count). The van der Waals surface area contributed by atoms with Gasteiger partial charge < -0.3 is 4.90 Å². The number of amides is 1. The monoisotopic (exact) mass is 390 g/mol. The largest absolute Gasteiger partial charge is 0.337 e. The van der Waals surface area contributed by atoms with Crippen LogP contribution >= 0.6 is 0 Å². The minimum absolute atomic E-state index is 0.0843. The number of fused-ring (bicyclic) bond motifs is 1. The molecule has 0 N–H and O–H groups in total. The molecule has 2 aromatic heterocycles. The zero-order valence-corrected chi connectivity index (χ0v) is 16.8. The predicted octanol–water partition coefficient (Wildman–Crippen LogP) is 2.63. The Hall–Kier alpha value is -2.93. The van der Waals surface area contributed by atoms with E-state index in [1.165, 1.54) is 11.1 Å². The summed E-state index contributed by atoms with van der Waals surface area (Å²) >= 11 is 0. The van der Waals surface area contributed by atoms with Crippen LogP contribution < -0.4 is 0 Å². The van der Waals surface area contributed by atoms with Crippen LogP contribution in [-0.4, -0.2) is 54.9 Å². The molecule has 1 saturated heterocycles. The van der Waals surface area contributed by atoms with E-state index in [0.29, 0.717) is 5.69 Å². The molecule has 0 saturated carbocycles. The second kappa shape index (κ2) is 7.48. The first kappa shape index (κ1) is 18.1. The first-order valence-electron chi connectivity index (χ1n) is 10.4. The average molecular weight is 390 g/mol. The molecule has 0 radical (unpaired) electrons. The highest BCUT2D eigenvalue weighted by atomic mass is 16.2. The van der Waals surface area contributed by atoms with E-state index in [2.05, 4.69) is 40.2 Å². The fourth-order valence-corrected chi connectivity index (χ4v) is 4.30. The normalized spacial score (nSPS) is 16.9. The van der Waals surface area contributed by atoms with Gasteiger partial charge in [0.2, 0.25) is 0 Å². The van der Waals surface area contributed by atoms with Crippen molar-refractivity contribution >= 4 is 5.91 Å². The number of aromatic nitrogens is 4. The molecule has 1 amide bonds. The van der Waals surface area contributed by atoms with E-state index < -0.39 is 0 Å². The van der Waals surface area contributed by atoms with Gasteiger partial charge in [0, 0.05) is 45.1 Å². The first-order chi connectivity index (χ1) is 14.2. The number of nitrogens with zero attached hydrogens (tertiary/aromatic N) is 6. The van der Waals surface area contributed by atoms with Gasteiger partial charge >= 0.3 is 0 Å². The van der Waals surface area contributed by atoms with Crippen LogP contribution in [0.5, 0.6) is 0 Å². The summed E-state index contributed by atoms with van der Waals surface area (Å²) in [6.07, 6.45) is 5.96. The minimum atomic E-state index is 0.0843. The molecule has 3 aromatic rings. The zero-order chi connectivity index (χ0) is 19.8. The molecular formula is C22H26N6O. The summed E-state index contributed by atoms with van der Waals surface area (Å²) in [5.74, 6) is 0.0843. The second-order valence-corrected chi connectivity index (χ2v) is 8.02. The SMILES string of the molecule is Cc1cc(-n2cccn2)ccc1CN1CCn2nc(C(=O)N3CCCC3)cc2C1. The molecule has 0 atom stereocenters. The Morgan fingerprint density at radius 3 is 2.72 bits per heavy atom. The van der Waals surface area contributed by atoms with Gasteiger partial charge in [0.1, 0.15) is 0 Å². The number of benzene rings is 1. The Morgan fingerprint density at radius 1 is 1.10 bits per heavy atom. The van der Waals surface area contributed by atoms with Crippen LogP contribution in [0.4, 0.5) is 0 Å². The molecule has 7 nitrogen and oxygen atoms in total. The highest BCUT2D eigenvalue weighted by Crippen LogP contribution is 2.21. The molecular weight excluding hydrogens is 364 g/mol. The third kappa shape index (κ3) is 3.58. The van der Waals surface area contributed by atoms with Crippen molar-refractivity contribution in [1.29, 1.82) is 0 Å². The van der Waals surface area contributed by atoms with Crippen molar-refractivity contribution in [2.45, 2.75) is 39.4 Å². The summed E-state index contributed by atoms with van der Waals surface area (Å²) in [6.45, 7) is 7.36.